The van der Waals surface area contributed by atoms with Crippen LogP contribution in [0.1, 0.15) is 26.7 Å². The van der Waals surface area contributed by atoms with Gasteiger partial charge in [0.25, 0.3) is 0 Å². The van der Waals surface area contributed by atoms with Gasteiger partial charge in [0.05, 0.1) is 6.10 Å². The average molecular weight is 244 g/mol. The minimum absolute atomic E-state index is 0.0506. The summed E-state index contributed by atoms with van der Waals surface area (Å²) in [5.74, 6) is -1.06. The number of aliphatic carboxylic acids is 1. The minimum atomic E-state index is -1.06. The Balaban J connectivity index is 2.77. The SMILES string of the molecule is CCC(C)N(C)C(=O)N1CC(O)CC1C(=O)O. The van der Waals surface area contributed by atoms with E-state index < -0.39 is 18.1 Å². The monoisotopic (exact) mass is 244 g/mol. The molecule has 0 bridgehead atoms. The maximum Gasteiger partial charge on any atom is 0.326 e. The lowest BCUT2D eigenvalue weighted by Gasteiger charge is -2.31. The number of carboxylic acid groups (broad SMARTS) is 1. The van der Waals surface area contributed by atoms with Crippen LogP contribution in [0, 0.1) is 0 Å². The number of hydrogen-bond donors (Lipinski definition) is 2. The highest BCUT2D eigenvalue weighted by Gasteiger charge is 2.40. The molecule has 17 heavy (non-hydrogen) atoms. The van der Waals surface area contributed by atoms with Crippen molar-refractivity contribution in [1.82, 2.24) is 9.80 Å². The van der Waals surface area contributed by atoms with Crippen LogP contribution in [0.4, 0.5) is 4.79 Å². The molecule has 1 saturated heterocycles. The van der Waals surface area contributed by atoms with Gasteiger partial charge < -0.3 is 20.0 Å². The maximum atomic E-state index is 12.1. The fourth-order valence-electron chi connectivity index (χ4n) is 1.92. The lowest BCUT2D eigenvalue weighted by atomic mass is 10.2. The van der Waals surface area contributed by atoms with E-state index in [4.69, 9.17) is 5.11 Å². The van der Waals surface area contributed by atoms with Crippen LogP contribution in [0.15, 0.2) is 0 Å². The fourth-order valence-corrected chi connectivity index (χ4v) is 1.92. The Morgan fingerprint density at radius 2 is 2.12 bits per heavy atom. The predicted octanol–water partition coefficient (Wildman–Crippen LogP) is 0.357. The molecule has 0 aliphatic carbocycles. The third kappa shape index (κ3) is 2.88. The number of amides is 2. The number of β-amino-alcohol motifs (C(OH)–C–C–N with tert-alkyl or cyclic N) is 1. The molecular weight excluding hydrogens is 224 g/mol. The van der Waals surface area contributed by atoms with E-state index in [9.17, 15) is 14.7 Å². The zero-order chi connectivity index (χ0) is 13.2. The Labute approximate surface area is 101 Å². The van der Waals surface area contributed by atoms with Gasteiger partial charge in [-0.05, 0) is 13.3 Å². The molecule has 0 aromatic heterocycles. The lowest BCUT2D eigenvalue weighted by molar-refractivity contribution is -0.141. The van der Waals surface area contributed by atoms with Crippen molar-refractivity contribution in [2.45, 2.75) is 44.9 Å². The number of carboxylic acids is 1. The molecule has 98 valence electrons. The molecule has 0 saturated carbocycles. The molecule has 0 spiro atoms. The van der Waals surface area contributed by atoms with Crippen LogP contribution in [0.3, 0.4) is 0 Å². The number of hydrogen-bond acceptors (Lipinski definition) is 3. The maximum absolute atomic E-state index is 12.1. The largest absolute Gasteiger partial charge is 0.480 e. The molecule has 2 N–H and O–H groups in total. The quantitative estimate of drug-likeness (QED) is 0.751. The second-order valence-electron chi connectivity index (χ2n) is 4.55. The standard InChI is InChI=1S/C11H20N2O4/c1-4-7(2)12(3)11(17)13-6-8(14)5-9(13)10(15)16/h7-9,14H,4-6H2,1-3H3,(H,15,16). The molecule has 2 amide bonds. The first kappa shape index (κ1) is 13.8. The smallest absolute Gasteiger partial charge is 0.326 e. The molecule has 1 heterocycles. The molecule has 1 rings (SSSR count). The summed E-state index contributed by atoms with van der Waals surface area (Å²) in [7, 11) is 1.65. The number of aliphatic hydroxyl groups is 1. The summed E-state index contributed by atoms with van der Waals surface area (Å²) in [5.41, 5.74) is 0. The Morgan fingerprint density at radius 1 is 1.53 bits per heavy atom. The molecule has 0 aromatic rings. The van der Waals surface area contributed by atoms with Crippen molar-refractivity contribution in [3.8, 4) is 0 Å². The summed E-state index contributed by atoms with van der Waals surface area (Å²) in [6.07, 6.45) is 0.164. The average Bonchev–Trinajstić information content (AvgIpc) is 2.68. The van der Waals surface area contributed by atoms with Gasteiger partial charge in [-0.3, -0.25) is 0 Å². The van der Waals surface area contributed by atoms with Crippen LogP contribution < -0.4 is 0 Å². The number of rotatable bonds is 3. The number of aliphatic hydroxyl groups excluding tert-OH is 1. The molecule has 1 aliphatic heterocycles. The van der Waals surface area contributed by atoms with Crippen LogP contribution in [0.5, 0.6) is 0 Å². The van der Waals surface area contributed by atoms with Crippen LogP contribution in [-0.2, 0) is 4.79 Å². The van der Waals surface area contributed by atoms with E-state index in [-0.39, 0.29) is 25.0 Å². The summed E-state index contributed by atoms with van der Waals surface area (Å²) >= 11 is 0. The van der Waals surface area contributed by atoms with Crippen LogP contribution in [0.2, 0.25) is 0 Å². The number of carbonyl (C=O) groups is 2. The Kier molecular flexibility index (Phi) is 4.34. The zero-order valence-corrected chi connectivity index (χ0v) is 10.5. The molecule has 1 aliphatic rings. The summed E-state index contributed by atoms with van der Waals surface area (Å²) in [4.78, 5) is 25.8. The van der Waals surface area contributed by atoms with E-state index in [2.05, 4.69) is 0 Å². The normalized spacial score (nSPS) is 25.8. The first-order valence-electron chi connectivity index (χ1n) is 5.82. The second-order valence-corrected chi connectivity index (χ2v) is 4.55. The fraction of sp³-hybridized carbons (Fsp3) is 0.818. The van der Waals surface area contributed by atoms with Crippen molar-refractivity contribution in [1.29, 1.82) is 0 Å². The minimum Gasteiger partial charge on any atom is -0.480 e. The summed E-state index contributed by atoms with van der Waals surface area (Å²) in [5, 5.41) is 18.5. The van der Waals surface area contributed by atoms with E-state index in [1.807, 2.05) is 13.8 Å². The number of urea groups is 1. The molecule has 1 fully saturated rings. The second kappa shape index (κ2) is 5.35. The van der Waals surface area contributed by atoms with Gasteiger partial charge in [0.1, 0.15) is 6.04 Å². The third-order valence-corrected chi connectivity index (χ3v) is 3.36. The summed E-state index contributed by atoms with van der Waals surface area (Å²) < 4.78 is 0. The van der Waals surface area contributed by atoms with Gasteiger partial charge >= 0.3 is 12.0 Å². The molecule has 6 heteroatoms. The van der Waals surface area contributed by atoms with Crippen molar-refractivity contribution in [2.24, 2.45) is 0 Å². The number of likely N-dealkylation sites (tertiary alicyclic amines) is 1. The van der Waals surface area contributed by atoms with Crippen molar-refractivity contribution >= 4 is 12.0 Å². The molecule has 3 unspecified atom stereocenters. The van der Waals surface area contributed by atoms with Crippen molar-refractivity contribution in [3.05, 3.63) is 0 Å². The van der Waals surface area contributed by atoms with E-state index in [0.29, 0.717) is 0 Å². The molecule has 3 atom stereocenters. The predicted molar refractivity (Wildman–Crippen MR) is 61.7 cm³/mol. The van der Waals surface area contributed by atoms with E-state index >= 15 is 0 Å². The van der Waals surface area contributed by atoms with E-state index in [1.54, 1.807) is 7.05 Å². The highest BCUT2D eigenvalue weighted by Crippen LogP contribution is 2.20. The van der Waals surface area contributed by atoms with Gasteiger partial charge in [0.15, 0.2) is 0 Å². The zero-order valence-electron chi connectivity index (χ0n) is 10.5. The Hall–Kier alpha value is -1.30. The first-order chi connectivity index (χ1) is 7.88. The van der Waals surface area contributed by atoms with Gasteiger partial charge in [-0.15, -0.1) is 0 Å². The summed E-state index contributed by atoms with van der Waals surface area (Å²) in [6, 6.07) is -1.19. The molecule has 6 nitrogen and oxygen atoms in total. The highest BCUT2D eigenvalue weighted by atomic mass is 16.4. The van der Waals surface area contributed by atoms with Crippen LogP contribution in [0.25, 0.3) is 0 Å². The number of carbonyl (C=O) groups excluding carboxylic acids is 1. The van der Waals surface area contributed by atoms with Gasteiger partial charge in [0, 0.05) is 26.1 Å². The van der Waals surface area contributed by atoms with Gasteiger partial charge in [0.2, 0.25) is 0 Å². The van der Waals surface area contributed by atoms with Gasteiger partial charge in [-0.25, -0.2) is 9.59 Å². The van der Waals surface area contributed by atoms with Crippen molar-refractivity contribution in [3.63, 3.8) is 0 Å². The van der Waals surface area contributed by atoms with Crippen LogP contribution >= 0.6 is 0 Å². The first-order valence-corrected chi connectivity index (χ1v) is 5.82. The van der Waals surface area contributed by atoms with E-state index in [1.165, 1.54) is 9.80 Å². The molecule has 0 radical (unpaired) electrons. The molecular formula is C11H20N2O4. The third-order valence-electron chi connectivity index (χ3n) is 3.36. The lowest BCUT2D eigenvalue weighted by Crippen LogP contribution is -2.49. The van der Waals surface area contributed by atoms with E-state index in [0.717, 1.165) is 6.42 Å². The summed E-state index contributed by atoms with van der Waals surface area (Å²) in [6.45, 7) is 3.96. The van der Waals surface area contributed by atoms with Gasteiger partial charge in [-0.2, -0.15) is 0 Å². The van der Waals surface area contributed by atoms with Crippen molar-refractivity contribution in [2.75, 3.05) is 13.6 Å². The van der Waals surface area contributed by atoms with Crippen LogP contribution in [-0.4, -0.2) is 63.8 Å². The van der Waals surface area contributed by atoms with Gasteiger partial charge in [-0.1, -0.05) is 6.92 Å². The molecule has 0 aromatic carbocycles. The van der Waals surface area contributed by atoms with Crippen molar-refractivity contribution < 1.29 is 19.8 Å². The Bertz CT molecular complexity index is 308. The Morgan fingerprint density at radius 3 is 2.59 bits per heavy atom. The topological polar surface area (TPSA) is 81.1 Å². The number of nitrogens with zero attached hydrogens (tertiary/aromatic N) is 2. The highest BCUT2D eigenvalue weighted by molar-refractivity contribution is 5.83.